The predicted octanol–water partition coefficient (Wildman–Crippen LogP) is 6.50. The first-order valence-electron chi connectivity index (χ1n) is 8.90. The summed E-state index contributed by atoms with van der Waals surface area (Å²) >= 11 is 0. The van der Waals surface area contributed by atoms with Crippen LogP contribution in [-0.4, -0.2) is 17.8 Å². The molecule has 0 aromatic rings. The van der Waals surface area contributed by atoms with Crippen molar-refractivity contribution >= 4 is 5.84 Å². The van der Waals surface area contributed by atoms with Gasteiger partial charge < -0.3 is 0 Å². The lowest BCUT2D eigenvalue weighted by atomic mass is 9.77. The number of amidine groups is 1. The minimum atomic E-state index is 0.145. The molecule has 24 heavy (non-hydrogen) atoms. The summed E-state index contributed by atoms with van der Waals surface area (Å²) in [5.41, 5.74) is 5.74. The summed E-state index contributed by atoms with van der Waals surface area (Å²) in [6.07, 6.45) is 12.2. The lowest BCUT2D eigenvalue weighted by Crippen LogP contribution is -2.23. The van der Waals surface area contributed by atoms with Crippen molar-refractivity contribution in [2.24, 2.45) is 16.3 Å². The van der Waals surface area contributed by atoms with Crippen LogP contribution in [0, 0.1) is 11.3 Å². The van der Waals surface area contributed by atoms with Crippen LogP contribution in [0.3, 0.4) is 0 Å². The summed E-state index contributed by atoms with van der Waals surface area (Å²) in [4.78, 5) is 6.36. The van der Waals surface area contributed by atoms with Crippen molar-refractivity contribution in [1.82, 2.24) is 4.90 Å². The van der Waals surface area contributed by atoms with Crippen LogP contribution in [0.4, 0.5) is 0 Å². The van der Waals surface area contributed by atoms with Gasteiger partial charge in [0.1, 0.15) is 5.84 Å². The van der Waals surface area contributed by atoms with Gasteiger partial charge in [0.2, 0.25) is 0 Å². The molecule has 0 unspecified atom stereocenters. The molecule has 134 valence electrons. The van der Waals surface area contributed by atoms with Crippen molar-refractivity contribution in [3.63, 3.8) is 0 Å². The summed E-state index contributed by atoms with van der Waals surface area (Å²) in [6.45, 7) is 19.3. The Hall–Kier alpha value is -1.79. The molecule has 0 saturated carbocycles. The van der Waals surface area contributed by atoms with E-state index in [1.165, 1.54) is 5.57 Å². The largest absolute Gasteiger partial charge is 0.299 e. The molecule has 0 heterocycles. The molecule has 0 bridgehead atoms. The Morgan fingerprint density at radius 1 is 1.25 bits per heavy atom. The summed E-state index contributed by atoms with van der Waals surface area (Å²) in [6, 6.07) is 0. The van der Waals surface area contributed by atoms with E-state index in [0.717, 1.165) is 24.4 Å². The van der Waals surface area contributed by atoms with Gasteiger partial charge in [-0.1, -0.05) is 59.1 Å². The first-order chi connectivity index (χ1) is 11.3. The third kappa shape index (κ3) is 6.76. The molecule has 0 aliphatic heterocycles. The van der Waals surface area contributed by atoms with Crippen LogP contribution in [0.5, 0.6) is 0 Å². The van der Waals surface area contributed by atoms with Gasteiger partial charge in [0.05, 0.1) is 5.70 Å². The second-order valence-corrected chi connectivity index (χ2v) is 6.92. The smallest absolute Gasteiger partial charge is 0.107 e. The Balaban J connectivity index is 5.72. The molecule has 0 aromatic heterocycles. The highest BCUT2D eigenvalue weighted by atomic mass is 15.2. The molecule has 0 saturated heterocycles. The van der Waals surface area contributed by atoms with Gasteiger partial charge in [-0.15, -0.1) is 0 Å². The normalized spacial score (nSPS) is 13.2. The maximum absolute atomic E-state index is 4.36. The fourth-order valence-electron chi connectivity index (χ4n) is 3.14. The molecular formula is C22H36N2. The quantitative estimate of drug-likeness (QED) is 0.215. The molecule has 0 aromatic carbocycles. The Labute approximate surface area is 150 Å². The molecular weight excluding hydrogens is 292 g/mol. The second-order valence-electron chi connectivity index (χ2n) is 6.92. The van der Waals surface area contributed by atoms with E-state index in [-0.39, 0.29) is 5.41 Å². The molecule has 0 fully saturated rings. The minimum absolute atomic E-state index is 0.145. The first-order valence-corrected chi connectivity index (χ1v) is 8.90. The van der Waals surface area contributed by atoms with Crippen LogP contribution in [0.15, 0.2) is 59.1 Å². The van der Waals surface area contributed by atoms with E-state index < -0.39 is 0 Å². The van der Waals surface area contributed by atoms with Crippen molar-refractivity contribution < 1.29 is 0 Å². The van der Waals surface area contributed by atoms with Crippen LogP contribution in [-0.2, 0) is 0 Å². The zero-order chi connectivity index (χ0) is 18.8. The van der Waals surface area contributed by atoms with Gasteiger partial charge in [-0.2, -0.15) is 0 Å². The van der Waals surface area contributed by atoms with Gasteiger partial charge in [0, 0.05) is 19.7 Å². The fourth-order valence-corrected chi connectivity index (χ4v) is 3.14. The SMILES string of the molecule is C=CN(C(=C=CC)/C=C\C(=C/C)C(C)(C)CC(C)C)C(CC)=NC. The molecule has 2 nitrogen and oxygen atoms in total. The maximum Gasteiger partial charge on any atom is 0.107 e. The summed E-state index contributed by atoms with van der Waals surface area (Å²) in [5, 5.41) is 0. The van der Waals surface area contributed by atoms with E-state index in [1.807, 2.05) is 24.9 Å². The summed E-state index contributed by atoms with van der Waals surface area (Å²) in [7, 11) is 1.81. The number of rotatable bonds is 8. The molecule has 2 heteroatoms. The number of hydrogen-bond acceptors (Lipinski definition) is 1. The third-order valence-corrected chi connectivity index (χ3v) is 4.02. The standard InChI is InChI=1S/C22H36N2/c1-10-14-20(24(13-4)21(12-3)23-9)16-15-19(11-2)22(7,8)17-18(5)6/h10-11,13,15-16,18H,4,12,17H2,1-3,5-9H3/b16-15-,19-11+,23-21?. The summed E-state index contributed by atoms with van der Waals surface area (Å²) in [5.74, 6) is 1.64. The zero-order valence-electron chi connectivity index (χ0n) is 17.0. The maximum atomic E-state index is 4.36. The van der Waals surface area contributed by atoms with Gasteiger partial charge >= 0.3 is 0 Å². The molecule has 0 amide bonds. The van der Waals surface area contributed by atoms with E-state index in [1.54, 1.807) is 6.20 Å². The number of nitrogens with zero attached hydrogens (tertiary/aromatic N) is 2. The molecule has 0 N–H and O–H groups in total. The van der Waals surface area contributed by atoms with Crippen LogP contribution in [0.2, 0.25) is 0 Å². The molecule has 0 spiro atoms. The molecule has 0 atom stereocenters. The molecule has 0 rings (SSSR count). The Morgan fingerprint density at radius 3 is 2.25 bits per heavy atom. The Kier molecular flexibility index (Phi) is 10.1. The highest BCUT2D eigenvalue weighted by molar-refractivity contribution is 5.85. The second kappa shape index (κ2) is 10.9. The minimum Gasteiger partial charge on any atom is -0.299 e. The van der Waals surface area contributed by atoms with Crippen molar-refractivity contribution in [2.45, 2.75) is 61.3 Å². The van der Waals surface area contributed by atoms with Crippen LogP contribution < -0.4 is 0 Å². The lowest BCUT2D eigenvalue weighted by Gasteiger charge is -2.29. The van der Waals surface area contributed by atoms with Crippen molar-refractivity contribution in [2.75, 3.05) is 7.05 Å². The van der Waals surface area contributed by atoms with Crippen molar-refractivity contribution in [3.05, 3.63) is 54.1 Å². The monoisotopic (exact) mass is 328 g/mol. The highest BCUT2D eigenvalue weighted by Crippen LogP contribution is 2.34. The van der Waals surface area contributed by atoms with E-state index >= 15 is 0 Å². The zero-order valence-corrected chi connectivity index (χ0v) is 17.0. The predicted molar refractivity (Wildman–Crippen MR) is 109 cm³/mol. The topological polar surface area (TPSA) is 15.6 Å². The average molecular weight is 329 g/mol. The highest BCUT2D eigenvalue weighted by Gasteiger charge is 2.22. The van der Waals surface area contributed by atoms with E-state index in [4.69, 9.17) is 0 Å². The lowest BCUT2D eigenvalue weighted by molar-refractivity contribution is 0.351. The van der Waals surface area contributed by atoms with Gasteiger partial charge in [-0.3, -0.25) is 9.89 Å². The molecule has 0 aliphatic carbocycles. The number of hydrogen-bond donors (Lipinski definition) is 0. The third-order valence-electron chi connectivity index (χ3n) is 4.02. The van der Waals surface area contributed by atoms with E-state index in [0.29, 0.717) is 5.92 Å². The fraction of sp³-hybridized carbons (Fsp3) is 0.545. The summed E-state index contributed by atoms with van der Waals surface area (Å²) < 4.78 is 0. The van der Waals surface area contributed by atoms with E-state index in [2.05, 4.69) is 77.1 Å². The van der Waals surface area contributed by atoms with Crippen LogP contribution in [0.1, 0.15) is 61.3 Å². The van der Waals surface area contributed by atoms with Crippen molar-refractivity contribution in [3.8, 4) is 0 Å². The van der Waals surface area contributed by atoms with Crippen LogP contribution in [0.25, 0.3) is 0 Å². The number of allylic oxidation sites excluding steroid dienone is 4. The molecule has 0 aliphatic rings. The average Bonchev–Trinajstić information content (AvgIpc) is 2.50. The van der Waals surface area contributed by atoms with Gasteiger partial charge in [-0.25, -0.2) is 0 Å². The molecule has 0 radical (unpaired) electrons. The first kappa shape index (κ1) is 22.2. The van der Waals surface area contributed by atoms with Gasteiger partial charge in [0.25, 0.3) is 0 Å². The van der Waals surface area contributed by atoms with Crippen molar-refractivity contribution in [1.29, 1.82) is 0 Å². The number of aliphatic imine (C=N–C) groups is 1. The van der Waals surface area contributed by atoms with Gasteiger partial charge in [0.15, 0.2) is 0 Å². The Morgan fingerprint density at radius 2 is 1.88 bits per heavy atom. The van der Waals surface area contributed by atoms with Gasteiger partial charge in [-0.05, 0) is 49.3 Å². The van der Waals surface area contributed by atoms with E-state index in [9.17, 15) is 0 Å². The Bertz CT molecular complexity index is 551. The van der Waals surface area contributed by atoms with Crippen LogP contribution >= 0.6 is 0 Å².